The average Bonchev–Trinajstić information content (AvgIpc) is 2.58. The lowest BCUT2D eigenvalue weighted by molar-refractivity contribution is 0.0954. The van der Waals surface area contributed by atoms with Gasteiger partial charge in [-0.15, -0.1) is 24.0 Å². The molecule has 1 amide bonds. The van der Waals surface area contributed by atoms with Crippen molar-refractivity contribution in [2.45, 2.75) is 45.6 Å². The summed E-state index contributed by atoms with van der Waals surface area (Å²) in [6.45, 7) is 5.57. The van der Waals surface area contributed by atoms with E-state index in [0.717, 1.165) is 12.4 Å². The molecule has 0 saturated heterocycles. The predicted molar refractivity (Wildman–Crippen MR) is 112 cm³/mol. The average molecular weight is 446 g/mol. The molecule has 0 heterocycles. The molecular formula is C18H31IN4O. The molecule has 0 bridgehead atoms. The van der Waals surface area contributed by atoms with Gasteiger partial charge in [-0.3, -0.25) is 9.79 Å². The molecule has 0 aliphatic rings. The minimum atomic E-state index is -0.0525. The molecule has 0 aliphatic heterocycles. The van der Waals surface area contributed by atoms with Gasteiger partial charge in [0.1, 0.15) is 0 Å². The van der Waals surface area contributed by atoms with Crippen molar-refractivity contribution >= 4 is 35.8 Å². The minimum absolute atomic E-state index is 0. The Hall–Kier alpha value is -1.31. The molecule has 24 heavy (non-hydrogen) atoms. The number of carbonyl (C=O) groups is 1. The molecule has 1 rings (SSSR count). The zero-order valence-electron chi connectivity index (χ0n) is 15.0. The van der Waals surface area contributed by atoms with Gasteiger partial charge in [-0.2, -0.15) is 0 Å². The number of guanidine groups is 1. The molecule has 1 aromatic carbocycles. The summed E-state index contributed by atoms with van der Waals surface area (Å²) in [5, 5.41) is 9.48. The normalized spacial score (nSPS) is 12.0. The zero-order valence-corrected chi connectivity index (χ0v) is 17.3. The second-order valence-corrected chi connectivity index (χ2v) is 5.66. The molecule has 136 valence electrons. The summed E-state index contributed by atoms with van der Waals surface area (Å²) >= 11 is 0. The van der Waals surface area contributed by atoms with E-state index in [-0.39, 0.29) is 29.9 Å². The van der Waals surface area contributed by atoms with Gasteiger partial charge in [0.2, 0.25) is 0 Å². The molecule has 0 saturated carbocycles. The molecule has 0 aliphatic carbocycles. The van der Waals surface area contributed by atoms with Gasteiger partial charge in [0.05, 0.1) is 0 Å². The molecule has 1 unspecified atom stereocenters. The Kier molecular flexibility index (Phi) is 13.3. The Morgan fingerprint density at radius 1 is 1.12 bits per heavy atom. The number of benzene rings is 1. The topological polar surface area (TPSA) is 65.5 Å². The van der Waals surface area contributed by atoms with Crippen molar-refractivity contribution in [3.8, 4) is 0 Å². The van der Waals surface area contributed by atoms with Gasteiger partial charge in [-0.05, 0) is 25.5 Å². The summed E-state index contributed by atoms with van der Waals surface area (Å²) in [7, 11) is 1.76. The number of rotatable bonds is 9. The van der Waals surface area contributed by atoms with E-state index in [1.807, 2.05) is 18.2 Å². The van der Waals surface area contributed by atoms with Crippen LogP contribution in [0.4, 0.5) is 0 Å². The van der Waals surface area contributed by atoms with E-state index >= 15 is 0 Å². The van der Waals surface area contributed by atoms with Crippen molar-refractivity contribution in [2.24, 2.45) is 4.99 Å². The monoisotopic (exact) mass is 446 g/mol. The number of carbonyl (C=O) groups excluding carboxylic acids is 1. The molecule has 1 aromatic rings. The molecule has 1 atom stereocenters. The molecule has 0 spiro atoms. The van der Waals surface area contributed by atoms with Crippen LogP contribution in [0.2, 0.25) is 0 Å². The van der Waals surface area contributed by atoms with Crippen LogP contribution in [0.5, 0.6) is 0 Å². The van der Waals surface area contributed by atoms with Gasteiger partial charge in [0, 0.05) is 31.7 Å². The van der Waals surface area contributed by atoms with Crippen molar-refractivity contribution < 1.29 is 4.79 Å². The molecular weight excluding hydrogens is 415 g/mol. The summed E-state index contributed by atoms with van der Waals surface area (Å²) in [6, 6.07) is 9.63. The third-order valence-electron chi connectivity index (χ3n) is 3.59. The van der Waals surface area contributed by atoms with E-state index in [1.54, 1.807) is 19.2 Å². The fourth-order valence-corrected chi connectivity index (χ4v) is 2.25. The van der Waals surface area contributed by atoms with Gasteiger partial charge < -0.3 is 16.0 Å². The van der Waals surface area contributed by atoms with E-state index in [1.165, 1.54) is 19.3 Å². The third kappa shape index (κ3) is 9.75. The van der Waals surface area contributed by atoms with Crippen molar-refractivity contribution in [3.63, 3.8) is 0 Å². The quantitative estimate of drug-likeness (QED) is 0.236. The Labute approximate surface area is 163 Å². The Morgan fingerprint density at radius 2 is 1.79 bits per heavy atom. The lowest BCUT2D eigenvalue weighted by atomic mass is 10.1. The van der Waals surface area contributed by atoms with Crippen molar-refractivity contribution in [2.75, 3.05) is 20.1 Å². The Bertz CT molecular complexity index is 479. The maximum absolute atomic E-state index is 11.9. The number of unbranched alkanes of at least 4 members (excludes halogenated alkanes) is 2. The Morgan fingerprint density at radius 3 is 2.42 bits per heavy atom. The highest BCUT2D eigenvalue weighted by atomic mass is 127. The van der Waals surface area contributed by atoms with E-state index in [9.17, 15) is 4.79 Å². The first kappa shape index (κ1) is 22.7. The first-order valence-corrected chi connectivity index (χ1v) is 8.47. The zero-order chi connectivity index (χ0) is 16.9. The number of halogens is 1. The maximum Gasteiger partial charge on any atom is 0.251 e. The second kappa shape index (κ2) is 14.1. The lowest BCUT2D eigenvalue weighted by Crippen LogP contribution is -2.44. The molecule has 0 radical (unpaired) electrons. The van der Waals surface area contributed by atoms with Crippen LogP contribution in [-0.4, -0.2) is 38.0 Å². The molecule has 3 N–H and O–H groups in total. The number of nitrogens with zero attached hydrogens (tertiary/aromatic N) is 1. The SMILES string of the molecule is CCCCCC(C)NC(=NC)NCCNC(=O)c1ccccc1.I. The van der Waals surface area contributed by atoms with Crippen LogP contribution in [0, 0.1) is 0 Å². The van der Waals surface area contributed by atoms with Crippen molar-refractivity contribution in [1.29, 1.82) is 0 Å². The lowest BCUT2D eigenvalue weighted by Gasteiger charge is -2.18. The largest absolute Gasteiger partial charge is 0.355 e. The maximum atomic E-state index is 11.9. The fourth-order valence-electron chi connectivity index (χ4n) is 2.25. The number of hydrogen-bond acceptors (Lipinski definition) is 2. The van der Waals surface area contributed by atoms with Crippen molar-refractivity contribution in [1.82, 2.24) is 16.0 Å². The minimum Gasteiger partial charge on any atom is -0.355 e. The van der Waals surface area contributed by atoms with Crippen LogP contribution in [-0.2, 0) is 0 Å². The van der Waals surface area contributed by atoms with E-state index < -0.39 is 0 Å². The first-order chi connectivity index (χ1) is 11.2. The standard InChI is InChI=1S/C18H30N4O.HI/c1-4-5-7-10-15(2)22-18(19-3)21-14-13-20-17(23)16-11-8-6-9-12-16;/h6,8-9,11-12,15H,4-5,7,10,13-14H2,1-3H3,(H,20,23)(H2,19,21,22);1H. The fraction of sp³-hybridized carbons (Fsp3) is 0.556. The van der Waals surface area contributed by atoms with Gasteiger partial charge >= 0.3 is 0 Å². The second-order valence-electron chi connectivity index (χ2n) is 5.66. The third-order valence-corrected chi connectivity index (χ3v) is 3.59. The van der Waals surface area contributed by atoms with Crippen LogP contribution in [0.3, 0.4) is 0 Å². The highest BCUT2D eigenvalue weighted by molar-refractivity contribution is 14.0. The summed E-state index contributed by atoms with van der Waals surface area (Å²) in [4.78, 5) is 16.1. The molecule has 0 fully saturated rings. The number of hydrogen-bond donors (Lipinski definition) is 3. The van der Waals surface area contributed by atoms with Gasteiger partial charge in [0.25, 0.3) is 5.91 Å². The smallest absolute Gasteiger partial charge is 0.251 e. The van der Waals surface area contributed by atoms with Crippen LogP contribution in [0.25, 0.3) is 0 Å². The van der Waals surface area contributed by atoms with Crippen LogP contribution >= 0.6 is 24.0 Å². The molecule has 5 nitrogen and oxygen atoms in total. The number of nitrogens with one attached hydrogen (secondary N) is 3. The summed E-state index contributed by atoms with van der Waals surface area (Å²) in [5.41, 5.74) is 0.680. The molecule has 0 aromatic heterocycles. The first-order valence-electron chi connectivity index (χ1n) is 8.47. The Balaban J connectivity index is 0.00000529. The summed E-state index contributed by atoms with van der Waals surface area (Å²) < 4.78 is 0. The highest BCUT2D eigenvalue weighted by Gasteiger charge is 2.06. The predicted octanol–water partition coefficient (Wildman–Crippen LogP) is 3.17. The highest BCUT2D eigenvalue weighted by Crippen LogP contribution is 2.02. The van der Waals surface area contributed by atoms with Gasteiger partial charge in [0.15, 0.2) is 5.96 Å². The van der Waals surface area contributed by atoms with E-state index in [0.29, 0.717) is 24.7 Å². The van der Waals surface area contributed by atoms with Crippen LogP contribution in [0.1, 0.15) is 49.9 Å². The van der Waals surface area contributed by atoms with Gasteiger partial charge in [-0.25, -0.2) is 0 Å². The number of aliphatic imine (C=N–C) groups is 1. The summed E-state index contributed by atoms with van der Waals surface area (Å²) in [5.74, 6) is 0.728. The van der Waals surface area contributed by atoms with E-state index in [2.05, 4.69) is 34.8 Å². The van der Waals surface area contributed by atoms with E-state index in [4.69, 9.17) is 0 Å². The number of amides is 1. The van der Waals surface area contributed by atoms with Crippen molar-refractivity contribution in [3.05, 3.63) is 35.9 Å². The molecule has 6 heteroatoms. The van der Waals surface area contributed by atoms with Crippen LogP contribution < -0.4 is 16.0 Å². The van der Waals surface area contributed by atoms with Crippen LogP contribution in [0.15, 0.2) is 35.3 Å². The summed E-state index contributed by atoms with van der Waals surface area (Å²) in [6.07, 6.45) is 4.87. The van der Waals surface area contributed by atoms with Gasteiger partial charge in [-0.1, -0.05) is 44.4 Å².